The van der Waals surface area contributed by atoms with Crippen molar-refractivity contribution in [2.24, 2.45) is 0 Å². The number of rotatable bonds is 0. The molecule has 0 aromatic heterocycles. The predicted octanol–water partition coefficient (Wildman–Crippen LogP) is -0.309. The molecule has 3 nitrogen and oxygen atoms in total. The van der Waals surface area contributed by atoms with Crippen molar-refractivity contribution in [1.82, 2.24) is 10.9 Å². The summed E-state index contributed by atoms with van der Waals surface area (Å²) in [5.41, 5.74) is 5.28. The minimum atomic E-state index is -0.0116. The van der Waals surface area contributed by atoms with Crippen LogP contribution >= 0.6 is 0 Å². The monoisotopic (exact) mass is 110 g/mol. The van der Waals surface area contributed by atoms with Crippen molar-refractivity contribution in [3.8, 4) is 0 Å². The van der Waals surface area contributed by atoms with Crippen LogP contribution in [0.4, 0.5) is 0 Å². The van der Waals surface area contributed by atoms with Gasteiger partial charge < -0.3 is 10.9 Å². The van der Waals surface area contributed by atoms with Crippen molar-refractivity contribution >= 4 is 5.78 Å². The van der Waals surface area contributed by atoms with E-state index in [1.807, 2.05) is 0 Å². The zero-order valence-electron chi connectivity index (χ0n) is 4.22. The first-order valence-corrected chi connectivity index (χ1v) is 2.28. The van der Waals surface area contributed by atoms with Crippen molar-refractivity contribution in [2.45, 2.75) is 0 Å². The van der Waals surface area contributed by atoms with Gasteiger partial charge in [-0.05, 0) is 0 Å². The van der Waals surface area contributed by atoms with Crippen LogP contribution in [0.3, 0.4) is 0 Å². The van der Waals surface area contributed by atoms with Gasteiger partial charge in [-0.1, -0.05) is 0 Å². The molecule has 0 saturated carbocycles. The summed E-state index contributed by atoms with van der Waals surface area (Å²) in [6.45, 7) is 0. The SMILES string of the molecule is O=C1C=CNNC=C1. The van der Waals surface area contributed by atoms with E-state index in [4.69, 9.17) is 0 Å². The number of hydrogen-bond donors (Lipinski definition) is 2. The van der Waals surface area contributed by atoms with Gasteiger partial charge in [-0.3, -0.25) is 4.79 Å². The van der Waals surface area contributed by atoms with Gasteiger partial charge in [0.2, 0.25) is 0 Å². The smallest absolute Gasteiger partial charge is 0.181 e. The Morgan fingerprint density at radius 3 is 2.12 bits per heavy atom. The van der Waals surface area contributed by atoms with Gasteiger partial charge in [0.25, 0.3) is 0 Å². The second-order valence-electron chi connectivity index (χ2n) is 1.36. The molecule has 1 rings (SSSR count). The summed E-state index contributed by atoms with van der Waals surface area (Å²) in [6, 6.07) is 0. The van der Waals surface area contributed by atoms with Gasteiger partial charge in [-0.15, -0.1) is 0 Å². The van der Waals surface area contributed by atoms with Crippen molar-refractivity contribution in [1.29, 1.82) is 0 Å². The Morgan fingerprint density at radius 1 is 1.12 bits per heavy atom. The normalized spacial score (nSPS) is 16.8. The van der Waals surface area contributed by atoms with Crippen LogP contribution in [0.5, 0.6) is 0 Å². The number of hydrazine groups is 1. The first-order valence-electron chi connectivity index (χ1n) is 2.28. The van der Waals surface area contributed by atoms with Gasteiger partial charge in [0.05, 0.1) is 0 Å². The minimum Gasteiger partial charge on any atom is -0.309 e. The van der Waals surface area contributed by atoms with E-state index in [9.17, 15) is 4.79 Å². The maximum absolute atomic E-state index is 10.4. The Labute approximate surface area is 47.0 Å². The van der Waals surface area contributed by atoms with Gasteiger partial charge in [-0.2, -0.15) is 0 Å². The molecule has 0 atom stereocenters. The van der Waals surface area contributed by atoms with Crippen LogP contribution in [0.2, 0.25) is 0 Å². The summed E-state index contributed by atoms with van der Waals surface area (Å²) in [5.74, 6) is -0.0116. The van der Waals surface area contributed by atoms with Gasteiger partial charge in [-0.25, -0.2) is 0 Å². The third-order valence-electron chi connectivity index (χ3n) is 0.745. The predicted molar refractivity (Wildman–Crippen MR) is 29.6 cm³/mol. The Morgan fingerprint density at radius 2 is 1.62 bits per heavy atom. The van der Waals surface area contributed by atoms with E-state index < -0.39 is 0 Å². The van der Waals surface area contributed by atoms with E-state index in [0.717, 1.165) is 0 Å². The van der Waals surface area contributed by atoms with Crippen LogP contribution in [-0.2, 0) is 4.79 Å². The van der Waals surface area contributed by atoms with Crippen LogP contribution in [-0.4, -0.2) is 5.78 Å². The highest BCUT2D eigenvalue weighted by Gasteiger charge is 1.88. The number of carbonyl (C=O) groups is 1. The lowest BCUT2D eigenvalue weighted by Gasteiger charge is -1.91. The third kappa shape index (κ3) is 1.11. The van der Waals surface area contributed by atoms with E-state index >= 15 is 0 Å². The number of ketones is 1. The van der Waals surface area contributed by atoms with Crippen LogP contribution in [0.25, 0.3) is 0 Å². The fourth-order valence-electron chi connectivity index (χ4n) is 0.399. The van der Waals surface area contributed by atoms with Crippen LogP contribution < -0.4 is 10.9 Å². The molecule has 8 heavy (non-hydrogen) atoms. The molecule has 42 valence electrons. The molecule has 0 bridgehead atoms. The molecule has 0 aromatic rings. The molecule has 1 aliphatic rings. The van der Waals surface area contributed by atoms with Crippen molar-refractivity contribution in [3.63, 3.8) is 0 Å². The van der Waals surface area contributed by atoms with E-state index in [0.29, 0.717) is 0 Å². The molecule has 0 aromatic carbocycles. The Bertz CT molecular complexity index is 133. The molecule has 0 aliphatic carbocycles. The van der Waals surface area contributed by atoms with E-state index in [2.05, 4.69) is 10.9 Å². The molecule has 0 fully saturated rings. The van der Waals surface area contributed by atoms with Crippen molar-refractivity contribution < 1.29 is 4.79 Å². The van der Waals surface area contributed by atoms with Crippen LogP contribution in [0, 0.1) is 0 Å². The van der Waals surface area contributed by atoms with Gasteiger partial charge in [0, 0.05) is 24.6 Å². The zero-order valence-corrected chi connectivity index (χ0v) is 4.22. The fourth-order valence-corrected chi connectivity index (χ4v) is 0.399. The number of hydrogen-bond acceptors (Lipinski definition) is 3. The van der Waals surface area contributed by atoms with Crippen molar-refractivity contribution in [3.05, 3.63) is 24.6 Å². The molecule has 1 heterocycles. The second kappa shape index (κ2) is 2.16. The minimum absolute atomic E-state index is 0.0116. The average Bonchev–Trinajstić information content (AvgIpc) is 1.94. The van der Waals surface area contributed by atoms with E-state index in [1.165, 1.54) is 12.2 Å². The van der Waals surface area contributed by atoms with Gasteiger partial charge >= 0.3 is 0 Å². The van der Waals surface area contributed by atoms with E-state index in [-0.39, 0.29) is 5.78 Å². The lowest BCUT2D eigenvalue weighted by Crippen LogP contribution is -2.18. The highest BCUT2D eigenvalue weighted by atomic mass is 16.1. The summed E-state index contributed by atoms with van der Waals surface area (Å²) in [4.78, 5) is 10.4. The fraction of sp³-hybridized carbons (Fsp3) is 0. The molecular formula is C5H6N2O. The zero-order chi connectivity index (χ0) is 5.82. The summed E-state index contributed by atoms with van der Waals surface area (Å²) in [6.07, 6.45) is 5.97. The number of allylic oxidation sites excluding steroid dienone is 2. The molecule has 0 amide bonds. The van der Waals surface area contributed by atoms with Gasteiger partial charge in [0.1, 0.15) is 0 Å². The average molecular weight is 110 g/mol. The largest absolute Gasteiger partial charge is 0.309 e. The molecule has 0 unspecified atom stereocenters. The topological polar surface area (TPSA) is 41.1 Å². The van der Waals surface area contributed by atoms with Gasteiger partial charge in [0.15, 0.2) is 5.78 Å². The first-order chi connectivity index (χ1) is 3.89. The third-order valence-corrected chi connectivity index (χ3v) is 0.745. The number of nitrogens with one attached hydrogen (secondary N) is 2. The Hall–Kier alpha value is -1.25. The quantitative estimate of drug-likeness (QED) is 0.449. The number of carbonyl (C=O) groups excluding carboxylic acids is 1. The lowest BCUT2D eigenvalue weighted by atomic mass is 10.4. The standard InChI is InChI=1S/C5H6N2O/c8-5-1-3-6-7-4-2-5/h1-4,6-7H. The maximum Gasteiger partial charge on any atom is 0.181 e. The van der Waals surface area contributed by atoms with Crippen LogP contribution in [0.15, 0.2) is 24.6 Å². The molecular weight excluding hydrogens is 104 g/mol. The molecule has 3 heteroatoms. The lowest BCUT2D eigenvalue weighted by molar-refractivity contribution is -0.110. The molecule has 0 spiro atoms. The summed E-state index contributed by atoms with van der Waals surface area (Å²) < 4.78 is 0. The summed E-state index contributed by atoms with van der Waals surface area (Å²) in [5, 5.41) is 0. The molecule has 2 N–H and O–H groups in total. The maximum atomic E-state index is 10.4. The Kier molecular flexibility index (Phi) is 1.32. The second-order valence-corrected chi connectivity index (χ2v) is 1.36. The molecule has 1 aliphatic heterocycles. The highest BCUT2D eigenvalue weighted by Crippen LogP contribution is 1.79. The summed E-state index contributed by atoms with van der Waals surface area (Å²) >= 11 is 0. The summed E-state index contributed by atoms with van der Waals surface area (Å²) in [7, 11) is 0. The Balaban J connectivity index is 2.64. The molecule has 0 radical (unpaired) electrons. The highest BCUT2D eigenvalue weighted by molar-refractivity contribution is 5.99. The van der Waals surface area contributed by atoms with E-state index in [1.54, 1.807) is 12.4 Å². The first kappa shape index (κ1) is 4.90. The molecule has 0 saturated heterocycles. The van der Waals surface area contributed by atoms with Crippen LogP contribution in [0.1, 0.15) is 0 Å². The van der Waals surface area contributed by atoms with Crippen molar-refractivity contribution in [2.75, 3.05) is 0 Å².